The average Bonchev–Trinajstić information content (AvgIpc) is 2.48. The van der Waals surface area contributed by atoms with Crippen molar-refractivity contribution in [2.45, 2.75) is 13.3 Å². The Morgan fingerprint density at radius 1 is 1.33 bits per heavy atom. The van der Waals surface area contributed by atoms with Crippen LogP contribution >= 0.6 is 11.6 Å². The van der Waals surface area contributed by atoms with Crippen molar-refractivity contribution < 1.29 is 19.4 Å². The molecule has 2 rings (SSSR count). The summed E-state index contributed by atoms with van der Waals surface area (Å²) >= 11 is 5.77. The lowest BCUT2D eigenvalue weighted by molar-refractivity contribution is 0.0696. The molecular formula is C15H14ClNO4. The fourth-order valence-electron chi connectivity index (χ4n) is 1.62. The molecule has 0 atom stereocenters. The summed E-state index contributed by atoms with van der Waals surface area (Å²) in [6.45, 7) is 2.57. The van der Waals surface area contributed by atoms with Crippen LogP contribution in [0.15, 0.2) is 36.5 Å². The zero-order chi connectivity index (χ0) is 15.2. The maximum atomic E-state index is 11.0. The molecule has 0 saturated carbocycles. The van der Waals surface area contributed by atoms with Gasteiger partial charge >= 0.3 is 5.97 Å². The van der Waals surface area contributed by atoms with Gasteiger partial charge in [0.15, 0.2) is 11.5 Å². The highest BCUT2D eigenvalue weighted by Gasteiger charge is 2.13. The highest BCUT2D eigenvalue weighted by Crippen LogP contribution is 2.31. The van der Waals surface area contributed by atoms with Crippen LogP contribution in [0.3, 0.4) is 0 Å². The van der Waals surface area contributed by atoms with E-state index in [1.165, 1.54) is 12.3 Å². The van der Waals surface area contributed by atoms with Gasteiger partial charge < -0.3 is 14.6 Å². The summed E-state index contributed by atoms with van der Waals surface area (Å²) < 4.78 is 11.2. The number of carboxylic acid groups (broad SMARTS) is 1. The minimum atomic E-state index is -1.14. The first-order valence-corrected chi connectivity index (χ1v) is 6.78. The number of carbonyl (C=O) groups is 1. The van der Waals surface area contributed by atoms with E-state index in [1.807, 2.05) is 13.0 Å². The molecular weight excluding hydrogens is 294 g/mol. The molecule has 0 bridgehead atoms. The Labute approximate surface area is 127 Å². The predicted octanol–water partition coefficient (Wildman–Crippen LogP) is 4.01. The molecule has 0 aliphatic heterocycles. The van der Waals surface area contributed by atoms with E-state index in [2.05, 4.69) is 4.98 Å². The third-order valence-corrected chi connectivity index (χ3v) is 2.89. The quantitative estimate of drug-likeness (QED) is 0.873. The summed E-state index contributed by atoms with van der Waals surface area (Å²) in [7, 11) is 0. The van der Waals surface area contributed by atoms with Crippen molar-refractivity contribution in [1.29, 1.82) is 0 Å². The number of aromatic carboxylic acids is 1. The van der Waals surface area contributed by atoms with Crippen LogP contribution in [0.4, 0.5) is 0 Å². The van der Waals surface area contributed by atoms with Crippen molar-refractivity contribution in [1.82, 2.24) is 4.98 Å². The molecule has 0 unspecified atom stereocenters. The number of rotatable bonds is 6. The van der Waals surface area contributed by atoms with Crippen LogP contribution in [0.5, 0.6) is 17.4 Å². The molecule has 0 aliphatic carbocycles. The fraction of sp³-hybridized carbons (Fsp3) is 0.200. The van der Waals surface area contributed by atoms with Crippen LogP contribution in [0.2, 0.25) is 5.02 Å². The highest BCUT2D eigenvalue weighted by atomic mass is 35.5. The lowest BCUT2D eigenvalue weighted by Crippen LogP contribution is -2.01. The lowest BCUT2D eigenvalue weighted by atomic mass is 10.2. The molecule has 0 radical (unpaired) electrons. The van der Waals surface area contributed by atoms with Gasteiger partial charge in [0.25, 0.3) is 0 Å². The molecule has 2 aromatic rings. The second kappa shape index (κ2) is 6.95. The van der Waals surface area contributed by atoms with Gasteiger partial charge in [-0.1, -0.05) is 30.7 Å². The van der Waals surface area contributed by atoms with Crippen LogP contribution in [0.25, 0.3) is 0 Å². The number of aromatic nitrogens is 1. The zero-order valence-corrected chi connectivity index (χ0v) is 12.1. The van der Waals surface area contributed by atoms with Gasteiger partial charge in [0.2, 0.25) is 5.88 Å². The Balaban J connectivity index is 2.26. The summed E-state index contributed by atoms with van der Waals surface area (Å²) in [5, 5.41) is 9.09. The van der Waals surface area contributed by atoms with E-state index < -0.39 is 5.97 Å². The number of para-hydroxylation sites is 2. The van der Waals surface area contributed by atoms with Crippen LogP contribution in [-0.4, -0.2) is 22.7 Å². The van der Waals surface area contributed by atoms with Gasteiger partial charge in [0.1, 0.15) is 0 Å². The first kappa shape index (κ1) is 15.1. The van der Waals surface area contributed by atoms with E-state index in [4.69, 9.17) is 26.2 Å². The molecule has 0 amide bonds. The summed E-state index contributed by atoms with van der Waals surface area (Å²) in [6, 6.07) is 8.40. The van der Waals surface area contributed by atoms with Gasteiger partial charge in [0, 0.05) is 6.07 Å². The van der Waals surface area contributed by atoms with Gasteiger partial charge in [-0.3, -0.25) is 0 Å². The Bertz CT molecular complexity index is 645. The molecule has 5 nitrogen and oxygen atoms in total. The number of ether oxygens (including phenoxy) is 2. The molecule has 0 fully saturated rings. The van der Waals surface area contributed by atoms with Gasteiger partial charge in [-0.25, -0.2) is 9.78 Å². The maximum absolute atomic E-state index is 11.0. The maximum Gasteiger partial charge on any atom is 0.337 e. The third-order valence-electron chi connectivity index (χ3n) is 2.59. The summed E-state index contributed by atoms with van der Waals surface area (Å²) in [4.78, 5) is 15.0. The molecule has 6 heteroatoms. The Kier molecular flexibility index (Phi) is 5.00. The minimum Gasteiger partial charge on any atom is -0.490 e. The summed E-state index contributed by atoms with van der Waals surface area (Å²) in [5.74, 6) is 0.0530. The van der Waals surface area contributed by atoms with Gasteiger partial charge in [0.05, 0.1) is 23.4 Å². The van der Waals surface area contributed by atoms with Crippen molar-refractivity contribution in [2.75, 3.05) is 6.61 Å². The third kappa shape index (κ3) is 3.86. The monoisotopic (exact) mass is 307 g/mol. The molecule has 0 spiro atoms. The van der Waals surface area contributed by atoms with Crippen LogP contribution in [0.1, 0.15) is 23.7 Å². The number of hydrogen-bond donors (Lipinski definition) is 1. The first-order chi connectivity index (χ1) is 10.1. The van der Waals surface area contributed by atoms with Crippen LogP contribution in [0, 0.1) is 0 Å². The molecule has 21 heavy (non-hydrogen) atoms. The molecule has 110 valence electrons. The number of nitrogens with zero attached hydrogens (tertiary/aromatic N) is 1. The molecule has 1 aromatic heterocycles. The number of carboxylic acids is 1. The second-order valence-electron chi connectivity index (χ2n) is 4.20. The van der Waals surface area contributed by atoms with E-state index in [-0.39, 0.29) is 16.5 Å². The number of benzene rings is 1. The first-order valence-electron chi connectivity index (χ1n) is 6.40. The molecule has 1 aromatic carbocycles. The van der Waals surface area contributed by atoms with E-state index in [0.717, 1.165) is 6.42 Å². The average molecular weight is 308 g/mol. The Morgan fingerprint density at radius 3 is 2.71 bits per heavy atom. The lowest BCUT2D eigenvalue weighted by Gasteiger charge is -2.11. The number of halogens is 1. The van der Waals surface area contributed by atoms with Crippen molar-refractivity contribution >= 4 is 17.6 Å². The fourth-order valence-corrected chi connectivity index (χ4v) is 1.80. The van der Waals surface area contributed by atoms with Crippen molar-refractivity contribution in [3.63, 3.8) is 0 Å². The number of hydrogen-bond acceptors (Lipinski definition) is 4. The van der Waals surface area contributed by atoms with E-state index in [9.17, 15) is 4.79 Å². The van der Waals surface area contributed by atoms with Crippen LogP contribution in [-0.2, 0) is 0 Å². The zero-order valence-electron chi connectivity index (χ0n) is 11.4. The second-order valence-corrected chi connectivity index (χ2v) is 4.61. The van der Waals surface area contributed by atoms with E-state index in [1.54, 1.807) is 18.2 Å². The van der Waals surface area contributed by atoms with Gasteiger partial charge in [-0.05, 0) is 18.6 Å². The Morgan fingerprint density at radius 2 is 2.05 bits per heavy atom. The summed E-state index contributed by atoms with van der Waals surface area (Å²) in [6.07, 6.45) is 2.12. The SMILES string of the molecule is CCCOc1ccccc1Oc1cc(C(=O)O)c(Cl)cn1. The van der Waals surface area contributed by atoms with Crippen molar-refractivity contribution in [3.05, 3.63) is 47.1 Å². The summed E-state index contributed by atoms with van der Waals surface area (Å²) in [5.41, 5.74) is -0.0615. The molecule has 0 saturated heterocycles. The normalized spacial score (nSPS) is 10.2. The number of pyridine rings is 1. The van der Waals surface area contributed by atoms with Gasteiger partial charge in [-0.15, -0.1) is 0 Å². The van der Waals surface area contributed by atoms with Crippen molar-refractivity contribution in [3.8, 4) is 17.4 Å². The standard InChI is InChI=1S/C15H14ClNO4/c1-2-7-20-12-5-3-4-6-13(12)21-14-8-10(15(18)19)11(16)9-17-14/h3-6,8-9H,2,7H2,1H3,(H,18,19). The molecule has 1 heterocycles. The smallest absolute Gasteiger partial charge is 0.337 e. The van der Waals surface area contributed by atoms with Crippen molar-refractivity contribution in [2.24, 2.45) is 0 Å². The highest BCUT2D eigenvalue weighted by molar-refractivity contribution is 6.33. The Hall–Kier alpha value is -2.27. The van der Waals surface area contributed by atoms with E-state index >= 15 is 0 Å². The minimum absolute atomic E-state index is 0.0605. The van der Waals surface area contributed by atoms with Gasteiger partial charge in [-0.2, -0.15) is 0 Å². The topological polar surface area (TPSA) is 68.7 Å². The predicted molar refractivity (Wildman–Crippen MR) is 78.5 cm³/mol. The van der Waals surface area contributed by atoms with Crippen LogP contribution < -0.4 is 9.47 Å². The largest absolute Gasteiger partial charge is 0.490 e. The van der Waals surface area contributed by atoms with E-state index in [0.29, 0.717) is 18.1 Å². The molecule has 0 aliphatic rings. The molecule has 1 N–H and O–H groups in total.